The van der Waals surface area contributed by atoms with Crippen molar-refractivity contribution in [3.63, 3.8) is 0 Å². The Hall–Kier alpha value is -3.18. The molecule has 0 radical (unpaired) electrons. The highest BCUT2D eigenvalue weighted by Crippen LogP contribution is 2.30. The Labute approximate surface area is 226 Å². The van der Waals surface area contributed by atoms with Crippen molar-refractivity contribution in [2.75, 3.05) is 26.2 Å². The van der Waals surface area contributed by atoms with Crippen LogP contribution in [0.5, 0.6) is 0 Å². The molecule has 0 bridgehead atoms. The van der Waals surface area contributed by atoms with Gasteiger partial charge in [-0.1, -0.05) is 72.8 Å². The Bertz CT molecular complexity index is 1130. The van der Waals surface area contributed by atoms with E-state index >= 15 is 0 Å². The van der Waals surface area contributed by atoms with Gasteiger partial charge in [0, 0.05) is 19.1 Å². The van der Waals surface area contributed by atoms with Crippen molar-refractivity contribution in [3.05, 3.63) is 107 Å². The Kier molecular flexibility index (Phi) is 9.08. The number of ether oxygens (including phenoxy) is 1. The second kappa shape index (κ2) is 13.1. The first-order valence-electron chi connectivity index (χ1n) is 14.1. The molecular formula is C33H39FN2O2. The molecule has 0 spiro atoms. The number of hydrogen-bond donors (Lipinski definition) is 0. The fraction of sp³-hybridized carbons (Fsp3) is 0.424. The Morgan fingerprint density at radius 1 is 0.763 bits per heavy atom. The van der Waals surface area contributed by atoms with E-state index in [4.69, 9.17) is 4.74 Å². The van der Waals surface area contributed by atoms with Crippen molar-refractivity contribution in [1.82, 2.24) is 9.80 Å². The molecule has 5 heteroatoms. The molecule has 2 aliphatic rings. The molecule has 2 fully saturated rings. The zero-order valence-electron chi connectivity index (χ0n) is 22.2. The van der Waals surface area contributed by atoms with Crippen LogP contribution in [-0.4, -0.2) is 48.1 Å². The molecule has 2 saturated heterocycles. The van der Waals surface area contributed by atoms with Gasteiger partial charge in [0.15, 0.2) is 0 Å². The van der Waals surface area contributed by atoms with Crippen molar-refractivity contribution >= 4 is 6.09 Å². The van der Waals surface area contributed by atoms with Crippen LogP contribution in [-0.2, 0) is 24.2 Å². The number of carbonyl (C=O) groups is 1. The number of piperidine rings is 2. The van der Waals surface area contributed by atoms with Crippen LogP contribution < -0.4 is 0 Å². The minimum Gasteiger partial charge on any atom is -0.445 e. The van der Waals surface area contributed by atoms with Crippen molar-refractivity contribution in [2.45, 2.75) is 51.2 Å². The van der Waals surface area contributed by atoms with Crippen molar-refractivity contribution < 1.29 is 13.9 Å². The third-order valence-electron chi connectivity index (χ3n) is 8.28. The van der Waals surface area contributed by atoms with Crippen LogP contribution >= 0.6 is 0 Å². The first kappa shape index (κ1) is 26.4. The summed E-state index contributed by atoms with van der Waals surface area (Å²) in [5.74, 6) is 0.897. The summed E-state index contributed by atoms with van der Waals surface area (Å²) in [5, 5.41) is 0. The van der Waals surface area contributed by atoms with Gasteiger partial charge in [0.05, 0.1) is 0 Å². The number of benzene rings is 3. The van der Waals surface area contributed by atoms with Crippen molar-refractivity contribution in [3.8, 4) is 0 Å². The molecule has 2 atom stereocenters. The zero-order valence-corrected chi connectivity index (χ0v) is 22.2. The molecule has 4 nitrogen and oxygen atoms in total. The van der Waals surface area contributed by atoms with Crippen LogP contribution in [0.25, 0.3) is 0 Å². The molecule has 5 rings (SSSR count). The maximum absolute atomic E-state index is 13.3. The molecule has 3 aromatic carbocycles. The standard InChI is InChI=1S/C33H39FN2O2/c34-31-15-13-27(14-16-31)22-28-17-20-35(21-18-28)24-30-12-7-19-36(32(30)23-26-8-3-1-4-9-26)33(37)38-25-29-10-5-2-6-11-29/h1-6,8-11,13-16,28,30,32H,7,12,17-25H2/t30-,32-/m1/s1. The van der Waals surface area contributed by atoms with E-state index in [0.717, 1.165) is 70.3 Å². The molecule has 200 valence electrons. The van der Waals surface area contributed by atoms with Gasteiger partial charge in [-0.3, -0.25) is 0 Å². The SMILES string of the molecule is O=C(OCc1ccccc1)N1CCC[C@H](CN2CCC(Cc3ccc(F)cc3)CC2)[C@H]1Cc1ccccc1. The average Bonchev–Trinajstić information content (AvgIpc) is 2.96. The highest BCUT2D eigenvalue weighted by Gasteiger charge is 2.36. The minimum absolute atomic E-state index is 0.131. The van der Waals surface area contributed by atoms with E-state index in [1.807, 2.05) is 53.4 Å². The summed E-state index contributed by atoms with van der Waals surface area (Å²) in [6, 6.07) is 27.6. The van der Waals surface area contributed by atoms with Gasteiger partial charge >= 0.3 is 6.09 Å². The molecule has 0 unspecified atom stereocenters. The number of amides is 1. The van der Waals surface area contributed by atoms with Gasteiger partial charge in [-0.05, 0) is 92.3 Å². The van der Waals surface area contributed by atoms with Gasteiger partial charge in [-0.25, -0.2) is 9.18 Å². The lowest BCUT2D eigenvalue weighted by atomic mass is 9.84. The van der Waals surface area contributed by atoms with E-state index < -0.39 is 0 Å². The third-order valence-corrected chi connectivity index (χ3v) is 8.28. The second-order valence-electron chi connectivity index (χ2n) is 11.0. The van der Waals surface area contributed by atoms with Crippen molar-refractivity contribution in [1.29, 1.82) is 0 Å². The molecule has 2 heterocycles. The maximum atomic E-state index is 13.3. The van der Waals surface area contributed by atoms with E-state index in [0.29, 0.717) is 18.4 Å². The highest BCUT2D eigenvalue weighted by atomic mass is 19.1. The Balaban J connectivity index is 1.21. The fourth-order valence-electron chi connectivity index (χ4n) is 6.17. The molecule has 0 saturated carbocycles. The van der Waals surface area contributed by atoms with E-state index in [1.54, 1.807) is 12.1 Å². The number of likely N-dealkylation sites (tertiary alicyclic amines) is 2. The number of halogens is 1. The lowest BCUT2D eigenvalue weighted by Gasteiger charge is -2.43. The minimum atomic E-state index is -0.197. The van der Waals surface area contributed by atoms with Crippen molar-refractivity contribution in [2.24, 2.45) is 11.8 Å². The van der Waals surface area contributed by atoms with Gasteiger partial charge in [-0.15, -0.1) is 0 Å². The molecule has 2 aliphatic heterocycles. The average molecular weight is 515 g/mol. The summed E-state index contributed by atoms with van der Waals surface area (Å²) in [6.45, 7) is 4.24. The van der Waals surface area contributed by atoms with Crippen LogP contribution in [0, 0.1) is 17.7 Å². The summed E-state index contributed by atoms with van der Waals surface area (Å²) in [6.07, 6.45) is 6.15. The smallest absolute Gasteiger partial charge is 0.410 e. The summed E-state index contributed by atoms with van der Waals surface area (Å²) in [5.41, 5.74) is 3.51. The Morgan fingerprint density at radius 2 is 1.39 bits per heavy atom. The van der Waals surface area contributed by atoms with Crippen LogP contribution in [0.2, 0.25) is 0 Å². The van der Waals surface area contributed by atoms with E-state index in [2.05, 4.69) is 29.2 Å². The number of rotatable bonds is 8. The molecule has 0 aromatic heterocycles. The first-order valence-corrected chi connectivity index (χ1v) is 14.1. The summed E-state index contributed by atoms with van der Waals surface area (Å²) in [7, 11) is 0. The first-order chi connectivity index (χ1) is 18.6. The lowest BCUT2D eigenvalue weighted by molar-refractivity contribution is 0.0345. The van der Waals surface area contributed by atoms with E-state index in [9.17, 15) is 9.18 Å². The molecule has 3 aromatic rings. The predicted molar refractivity (Wildman–Crippen MR) is 149 cm³/mol. The van der Waals surface area contributed by atoms with Gasteiger partial charge < -0.3 is 14.5 Å². The van der Waals surface area contributed by atoms with Crippen LogP contribution in [0.15, 0.2) is 84.9 Å². The summed E-state index contributed by atoms with van der Waals surface area (Å²) in [4.78, 5) is 17.9. The largest absolute Gasteiger partial charge is 0.445 e. The molecule has 0 aliphatic carbocycles. The summed E-state index contributed by atoms with van der Waals surface area (Å²) < 4.78 is 19.1. The van der Waals surface area contributed by atoms with Crippen LogP contribution in [0.1, 0.15) is 42.4 Å². The zero-order chi connectivity index (χ0) is 26.2. The lowest BCUT2D eigenvalue weighted by Crippen LogP contribution is -2.53. The molecule has 38 heavy (non-hydrogen) atoms. The van der Waals surface area contributed by atoms with Gasteiger partial charge in [0.25, 0.3) is 0 Å². The maximum Gasteiger partial charge on any atom is 0.410 e. The Morgan fingerprint density at radius 3 is 2.08 bits per heavy atom. The molecule has 0 N–H and O–H groups in total. The van der Waals surface area contributed by atoms with Gasteiger partial charge in [-0.2, -0.15) is 0 Å². The fourth-order valence-corrected chi connectivity index (χ4v) is 6.17. The van der Waals surface area contributed by atoms with Gasteiger partial charge in [0.2, 0.25) is 0 Å². The van der Waals surface area contributed by atoms with Crippen LogP contribution in [0.4, 0.5) is 9.18 Å². The number of hydrogen-bond acceptors (Lipinski definition) is 3. The van der Waals surface area contributed by atoms with Crippen LogP contribution in [0.3, 0.4) is 0 Å². The molecular weight excluding hydrogens is 475 g/mol. The topological polar surface area (TPSA) is 32.8 Å². The third kappa shape index (κ3) is 7.22. The number of carbonyl (C=O) groups excluding carboxylic acids is 1. The molecule has 1 amide bonds. The quantitative estimate of drug-likeness (QED) is 0.334. The highest BCUT2D eigenvalue weighted by molar-refractivity contribution is 5.68. The van der Waals surface area contributed by atoms with Gasteiger partial charge in [0.1, 0.15) is 12.4 Å². The second-order valence-corrected chi connectivity index (χ2v) is 11.0. The summed E-state index contributed by atoms with van der Waals surface area (Å²) >= 11 is 0. The predicted octanol–water partition coefficient (Wildman–Crippen LogP) is 6.74. The monoisotopic (exact) mass is 514 g/mol. The van der Waals surface area contributed by atoms with E-state index in [1.165, 1.54) is 11.1 Å². The normalized spacial score (nSPS) is 20.8. The van der Waals surface area contributed by atoms with E-state index in [-0.39, 0.29) is 18.0 Å². The number of nitrogens with zero attached hydrogens (tertiary/aromatic N) is 2.